The van der Waals surface area contributed by atoms with E-state index in [4.69, 9.17) is 5.11 Å². The van der Waals surface area contributed by atoms with Gasteiger partial charge in [-0.3, -0.25) is 9.89 Å². The lowest BCUT2D eigenvalue weighted by atomic mass is 10.4. The molecule has 2 aromatic heterocycles. The molecular formula is C10H14N8O3. The van der Waals surface area contributed by atoms with Crippen LogP contribution in [0, 0.1) is 0 Å². The Kier molecular flexibility index (Phi) is 4.79. The molecule has 0 unspecified atom stereocenters. The number of carboxylic acids is 1. The summed E-state index contributed by atoms with van der Waals surface area (Å²) in [5.74, 6) is -0.323. The van der Waals surface area contributed by atoms with Gasteiger partial charge in [0.05, 0.1) is 12.7 Å². The lowest BCUT2D eigenvalue weighted by Crippen LogP contribution is -2.36. The maximum absolute atomic E-state index is 11.5. The fraction of sp³-hybridized carbons (Fsp3) is 0.400. The number of aliphatic carboxylic acids is 1. The molecule has 2 amide bonds. The van der Waals surface area contributed by atoms with E-state index >= 15 is 0 Å². The number of rotatable bonds is 7. The Hall–Kier alpha value is -2.98. The summed E-state index contributed by atoms with van der Waals surface area (Å²) in [5, 5.41) is 27.6. The zero-order chi connectivity index (χ0) is 15.1. The fourth-order valence-electron chi connectivity index (χ4n) is 1.51. The largest absolute Gasteiger partial charge is 0.480 e. The van der Waals surface area contributed by atoms with Gasteiger partial charge in [-0.15, -0.1) is 5.10 Å². The SMILES string of the molecule is O=C(O)Cn1cc(CNC(=O)NCCc2ncn[nH]2)nn1. The molecular weight excluding hydrogens is 280 g/mol. The zero-order valence-corrected chi connectivity index (χ0v) is 11.0. The molecule has 2 heterocycles. The second-order valence-corrected chi connectivity index (χ2v) is 4.09. The number of nitrogens with zero attached hydrogens (tertiary/aromatic N) is 5. The summed E-state index contributed by atoms with van der Waals surface area (Å²) >= 11 is 0. The third-order valence-electron chi connectivity index (χ3n) is 2.43. The molecule has 11 nitrogen and oxygen atoms in total. The second kappa shape index (κ2) is 6.98. The molecule has 4 N–H and O–H groups in total. The molecule has 2 aromatic rings. The number of hydrogen-bond acceptors (Lipinski definition) is 6. The van der Waals surface area contributed by atoms with Crippen LogP contribution in [0.5, 0.6) is 0 Å². The van der Waals surface area contributed by atoms with Crippen molar-refractivity contribution in [1.29, 1.82) is 0 Å². The summed E-state index contributed by atoms with van der Waals surface area (Å²) < 4.78 is 1.18. The highest BCUT2D eigenvalue weighted by Crippen LogP contribution is 1.92. The van der Waals surface area contributed by atoms with Crippen molar-refractivity contribution < 1.29 is 14.7 Å². The molecule has 0 fully saturated rings. The van der Waals surface area contributed by atoms with Crippen LogP contribution in [0.4, 0.5) is 4.79 Å². The average molecular weight is 294 g/mol. The van der Waals surface area contributed by atoms with Crippen molar-refractivity contribution >= 4 is 12.0 Å². The topological polar surface area (TPSA) is 151 Å². The Bertz CT molecular complexity index is 593. The molecule has 0 aliphatic carbocycles. The van der Waals surface area contributed by atoms with E-state index in [9.17, 15) is 9.59 Å². The highest BCUT2D eigenvalue weighted by atomic mass is 16.4. The number of aromatic amines is 1. The van der Waals surface area contributed by atoms with Gasteiger partial charge in [-0.2, -0.15) is 5.10 Å². The summed E-state index contributed by atoms with van der Waals surface area (Å²) in [5.41, 5.74) is 0.474. The Balaban J connectivity index is 1.66. The second-order valence-electron chi connectivity index (χ2n) is 4.09. The van der Waals surface area contributed by atoms with Gasteiger partial charge in [0, 0.05) is 13.0 Å². The number of H-pyrrole nitrogens is 1. The van der Waals surface area contributed by atoms with E-state index in [2.05, 4.69) is 36.1 Å². The predicted molar refractivity (Wildman–Crippen MR) is 68.0 cm³/mol. The van der Waals surface area contributed by atoms with Crippen LogP contribution in [0.3, 0.4) is 0 Å². The Morgan fingerprint density at radius 2 is 2.24 bits per heavy atom. The van der Waals surface area contributed by atoms with E-state index in [1.165, 1.54) is 17.2 Å². The summed E-state index contributed by atoms with van der Waals surface area (Å²) in [4.78, 5) is 25.9. The highest BCUT2D eigenvalue weighted by Gasteiger charge is 2.06. The van der Waals surface area contributed by atoms with Crippen LogP contribution in [-0.2, 0) is 24.3 Å². The van der Waals surface area contributed by atoms with Gasteiger partial charge in [0.2, 0.25) is 0 Å². The normalized spacial score (nSPS) is 10.3. The van der Waals surface area contributed by atoms with Crippen LogP contribution in [-0.4, -0.2) is 53.8 Å². The fourth-order valence-corrected chi connectivity index (χ4v) is 1.51. The monoisotopic (exact) mass is 294 g/mol. The van der Waals surface area contributed by atoms with Gasteiger partial charge in [-0.1, -0.05) is 5.21 Å². The van der Waals surface area contributed by atoms with Crippen LogP contribution in [0.25, 0.3) is 0 Å². The maximum atomic E-state index is 11.5. The number of carbonyl (C=O) groups excluding carboxylic acids is 1. The van der Waals surface area contributed by atoms with Gasteiger partial charge in [0.15, 0.2) is 0 Å². The third kappa shape index (κ3) is 4.89. The molecule has 0 atom stereocenters. The van der Waals surface area contributed by atoms with Crippen molar-refractivity contribution in [2.24, 2.45) is 0 Å². The van der Waals surface area contributed by atoms with Crippen LogP contribution < -0.4 is 10.6 Å². The summed E-state index contributed by atoms with van der Waals surface area (Å²) in [6.45, 7) is 0.302. The molecule has 0 saturated heterocycles. The van der Waals surface area contributed by atoms with Gasteiger partial charge < -0.3 is 15.7 Å². The summed E-state index contributed by atoms with van der Waals surface area (Å²) in [7, 11) is 0. The van der Waals surface area contributed by atoms with E-state index in [1.807, 2.05) is 0 Å². The summed E-state index contributed by atoms with van der Waals surface area (Å²) in [6.07, 6.45) is 3.40. The first-order valence-electron chi connectivity index (χ1n) is 6.10. The molecule has 0 spiro atoms. The maximum Gasteiger partial charge on any atom is 0.325 e. The minimum atomic E-state index is -1.01. The van der Waals surface area contributed by atoms with Crippen molar-refractivity contribution in [3.05, 3.63) is 24.0 Å². The van der Waals surface area contributed by atoms with Crippen molar-refractivity contribution in [2.45, 2.75) is 19.5 Å². The van der Waals surface area contributed by atoms with E-state index in [0.717, 1.165) is 0 Å². The molecule has 0 bridgehead atoms. The van der Waals surface area contributed by atoms with E-state index in [1.54, 1.807) is 0 Å². The number of carbonyl (C=O) groups is 2. The molecule has 0 aliphatic rings. The Morgan fingerprint density at radius 1 is 1.38 bits per heavy atom. The minimum Gasteiger partial charge on any atom is -0.480 e. The highest BCUT2D eigenvalue weighted by molar-refractivity contribution is 5.73. The van der Waals surface area contributed by atoms with Gasteiger partial charge in [0.25, 0.3) is 0 Å². The minimum absolute atomic E-state index is 0.160. The van der Waals surface area contributed by atoms with Gasteiger partial charge in [-0.25, -0.2) is 14.5 Å². The lowest BCUT2D eigenvalue weighted by molar-refractivity contribution is -0.137. The smallest absolute Gasteiger partial charge is 0.325 e. The number of amides is 2. The van der Waals surface area contributed by atoms with Gasteiger partial charge in [-0.05, 0) is 0 Å². The molecule has 0 aliphatic heterocycles. The van der Waals surface area contributed by atoms with Crippen LogP contribution in [0.15, 0.2) is 12.5 Å². The lowest BCUT2D eigenvalue weighted by Gasteiger charge is -2.04. The number of hydrogen-bond donors (Lipinski definition) is 4. The van der Waals surface area contributed by atoms with Crippen molar-refractivity contribution in [3.63, 3.8) is 0 Å². The molecule has 2 rings (SSSR count). The van der Waals surface area contributed by atoms with Crippen LogP contribution in [0.2, 0.25) is 0 Å². The van der Waals surface area contributed by atoms with E-state index < -0.39 is 5.97 Å². The van der Waals surface area contributed by atoms with Crippen molar-refractivity contribution in [2.75, 3.05) is 6.54 Å². The average Bonchev–Trinajstić information content (AvgIpc) is 3.07. The molecule has 0 aromatic carbocycles. The van der Waals surface area contributed by atoms with Crippen molar-refractivity contribution in [3.8, 4) is 0 Å². The Labute approximate surface area is 118 Å². The van der Waals surface area contributed by atoms with Gasteiger partial charge >= 0.3 is 12.0 Å². The molecule has 112 valence electrons. The first-order valence-corrected chi connectivity index (χ1v) is 6.10. The molecule has 21 heavy (non-hydrogen) atoms. The van der Waals surface area contributed by atoms with Gasteiger partial charge in [0.1, 0.15) is 24.4 Å². The number of carboxylic acid groups (broad SMARTS) is 1. The summed E-state index contributed by atoms with van der Waals surface area (Å²) in [6, 6.07) is -0.359. The first kappa shape index (κ1) is 14.4. The zero-order valence-electron chi connectivity index (χ0n) is 11.0. The van der Waals surface area contributed by atoms with E-state index in [-0.39, 0.29) is 19.1 Å². The third-order valence-corrected chi connectivity index (χ3v) is 2.43. The van der Waals surface area contributed by atoms with E-state index in [0.29, 0.717) is 24.5 Å². The predicted octanol–water partition coefficient (Wildman–Crippen LogP) is -1.48. The number of aromatic nitrogens is 6. The van der Waals surface area contributed by atoms with Crippen LogP contribution in [0.1, 0.15) is 11.5 Å². The Morgan fingerprint density at radius 3 is 2.95 bits per heavy atom. The van der Waals surface area contributed by atoms with Crippen LogP contribution >= 0.6 is 0 Å². The standard InChI is InChI=1S/C10H14N8O3/c19-9(20)5-18-4-7(15-17-18)3-12-10(21)11-2-1-8-13-6-14-16-8/h4,6H,1-3,5H2,(H,19,20)(H2,11,12,21)(H,13,14,16). The molecule has 11 heteroatoms. The van der Waals surface area contributed by atoms with Crippen molar-refractivity contribution in [1.82, 2.24) is 40.8 Å². The number of nitrogens with one attached hydrogen (secondary N) is 3. The number of urea groups is 1. The quantitative estimate of drug-likeness (QED) is 0.486. The first-order chi connectivity index (χ1) is 10.1. The molecule has 0 saturated carbocycles. The molecule has 0 radical (unpaired) electrons.